The highest BCUT2D eigenvalue weighted by Gasteiger charge is 2.41. The Labute approximate surface area is 132 Å². The quantitative estimate of drug-likeness (QED) is 0.752. The van der Waals surface area contributed by atoms with Gasteiger partial charge < -0.3 is 10.2 Å². The molecule has 4 fully saturated rings. The molecule has 4 nitrogen and oxygen atoms in total. The molecule has 0 aromatic rings. The van der Waals surface area contributed by atoms with Crippen molar-refractivity contribution in [1.29, 1.82) is 0 Å². The highest BCUT2D eigenvalue weighted by Crippen LogP contribution is 2.53. The second kappa shape index (κ2) is 8.16. The molecule has 22 heavy (non-hydrogen) atoms. The minimum atomic E-state index is -0.935. The lowest BCUT2D eigenvalue weighted by Gasteiger charge is -2.49. The Balaban J connectivity index is 0.000000179. The summed E-state index contributed by atoms with van der Waals surface area (Å²) in [6.45, 7) is 9.20. The maximum atomic E-state index is 9.60. The molecule has 0 aliphatic heterocycles. The molecule has 4 bridgehead atoms. The number of carboxylic acid groups (broad SMARTS) is 2. The lowest BCUT2D eigenvalue weighted by molar-refractivity contribution is -0.133. The first-order valence-corrected chi connectivity index (χ1v) is 7.96. The van der Waals surface area contributed by atoms with E-state index in [0.717, 1.165) is 0 Å². The molecule has 0 radical (unpaired) electrons. The summed E-state index contributed by atoms with van der Waals surface area (Å²) in [6, 6.07) is 0. The molecule has 4 aliphatic carbocycles. The predicted octanol–water partition coefficient (Wildman–Crippen LogP) is 4.13. The zero-order valence-electron chi connectivity index (χ0n) is 13.7. The maximum Gasteiger partial charge on any atom is 0.330 e. The van der Waals surface area contributed by atoms with Crippen LogP contribution in [0.5, 0.6) is 0 Å². The molecule has 4 rings (SSSR count). The topological polar surface area (TPSA) is 74.6 Å². The third kappa shape index (κ3) is 6.04. The summed E-state index contributed by atoms with van der Waals surface area (Å²) < 4.78 is 0. The molecule has 124 valence electrons. The number of carbonyl (C=O) groups is 2. The molecule has 4 saturated carbocycles. The molecule has 4 aliphatic rings. The fraction of sp³-hybridized carbons (Fsp3) is 0.667. The standard InChI is InChI=1S/C10H16.2C4H6O2/c1-7-2-9-4-8(1)5-10(3-7)6-9;2*1-3(2)4(5)6/h7-10H,1-6H2;2*1H2,2H3,(H,5,6). The summed E-state index contributed by atoms with van der Waals surface area (Å²) in [6.07, 6.45) is 9.62. The van der Waals surface area contributed by atoms with Gasteiger partial charge in [0.1, 0.15) is 0 Å². The predicted molar refractivity (Wildman–Crippen MR) is 86.6 cm³/mol. The van der Waals surface area contributed by atoms with Crippen LogP contribution >= 0.6 is 0 Å². The zero-order chi connectivity index (χ0) is 16.9. The molecule has 0 heterocycles. The SMILES string of the molecule is C1C2CC3CC1CC(C2)C3.C=C(C)C(=O)O.C=C(C)C(=O)O. The Hall–Kier alpha value is -1.58. The van der Waals surface area contributed by atoms with Crippen LogP contribution in [0.4, 0.5) is 0 Å². The fourth-order valence-corrected chi connectivity index (χ4v) is 3.98. The maximum absolute atomic E-state index is 9.60. The van der Waals surface area contributed by atoms with Crippen molar-refractivity contribution in [2.75, 3.05) is 0 Å². The number of hydrogen-bond donors (Lipinski definition) is 2. The van der Waals surface area contributed by atoms with Gasteiger partial charge in [-0.05, 0) is 76.0 Å². The van der Waals surface area contributed by atoms with Crippen molar-refractivity contribution in [3.8, 4) is 0 Å². The van der Waals surface area contributed by atoms with Crippen LogP contribution in [-0.2, 0) is 9.59 Å². The lowest BCUT2D eigenvalue weighted by Crippen LogP contribution is -2.38. The lowest BCUT2D eigenvalue weighted by atomic mass is 9.56. The first-order chi connectivity index (χ1) is 10.2. The molecular weight excluding hydrogens is 280 g/mol. The highest BCUT2D eigenvalue weighted by molar-refractivity contribution is 5.85. The molecule has 0 saturated heterocycles. The van der Waals surface area contributed by atoms with Crippen molar-refractivity contribution in [1.82, 2.24) is 0 Å². The van der Waals surface area contributed by atoms with Gasteiger partial charge in [-0.15, -0.1) is 0 Å². The Morgan fingerprint density at radius 3 is 0.909 bits per heavy atom. The van der Waals surface area contributed by atoms with E-state index < -0.39 is 11.9 Å². The van der Waals surface area contributed by atoms with Gasteiger partial charge in [-0.1, -0.05) is 13.2 Å². The molecule has 0 aromatic heterocycles. The summed E-state index contributed by atoms with van der Waals surface area (Å²) in [4.78, 5) is 19.2. The molecule has 4 heteroatoms. The number of hydrogen-bond acceptors (Lipinski definition) is 2. The average Bonchev–Trinajstić information content (AvgIpc) is 2.38. The van der Waals surface area contributed by atoms with Crippen LogP contribution in [0, 0.1) is 23.7 Å². The summed E-state index contributed by atoms with van der Waals surface area (Å²) >= 11 is 0. The monoisotopic (exact) mass is 308 g/mol. The van der Waals surface area contributed by atoms with E-state index >= 15 is 0 Å². The van der Waals surface area contributed by atoms with Crippen LogP contribution in [-0.4, -0.2) is 22.2 Å². The van der Waals surface area contributed by atoms with Crippen LogP contribution in [0.2, 0.25) is 0 Å². The third-order valence-corrected chi connectivity index (χ3v) is 4.73. The van der Waals surface area contributed by atoms with Crippen LogP contribution in [0.3, 0.4) is 0 Å². The molecule has 0 unspecified atom stereocenters. The van der Waals surface area contributed by atoms with Crippen LogP contribution in [0.25, 0.3) is 0 Å². The molecular formula is C18H28O4. The minimum Gasteiger partial charge on any atom is -0.478 e. The van der Waals surface area contributed by atoms with Gasteiger partial charge in [-0.3, -0.25) is 0 Å². The van der Waals surface area contributed by atoms with E-state index in [9.17, 15) is 9.59 Å². The Morgan fingerprint density at radius 2 is 0.818 bits per heavy atom. The van der Waals surface area contributed by atoms with E-state index in [2.05, 4.69) is 13.2 Å². The van der Waals surface area contributed by atoms with Crippen molar-refractivity contribution < 1.29 is 19.8 Å². The molecule has 2 N–H and O–H groups in total. The fourth-order valence-electron chi connectivity index (χ4n) is 3.98. The van der Waals surface area contributed by atoms with E-state index in [1.807, 2.05) is 0 Å². The second-order valence-corrected chi connectivity index (χ2v) is 7.05. The van der Waals surface area contributed by atoms with Crippen molar-refractivity contribution >= 4 is 11.9 Å². The van der Waals surface area contributed by atoms with Gasteiger partial charge in [0.25, 0.3) is 0 Å². The van der Waals surface area contributed by atoms with Crippen molar-refractivity contribution in [2.24, 2.45) is 23.7 Å². The number of carboxylic acids is 2. The first-order valence-electron chi connectivity index (χ1n) is 7.96. The van der Waals surface area contributed by atoms with Crippen LogP contribution in [0.15, 0.2) is 24.3 Å². The Kier molecular flexibility index (Phi) is 6.85. The van der Waals surface area contributed by atoms with Crippen molar-refractivity contribution in [3.63, 3.8) is 0 Å². The largest absolute Gasteiger partial charge is 0.478 e. The summed E-state index contributed by atoms with van der Waals surface area (Å²) in [5, 5.41) is 15.8. The third-order valence-electron chi connectivity index (χ3n) is 4.73. The van der Waals surface area contributed by atoms with E-state index in [0.29, 0.717) is 0 Å². The van der Waals surface area contributed by atoms with Gasteiger partial charge in [-0.2, -0.15) is 0 Å². The zero-order valence-corrected chi connectivity index (χ0v) is 13.7. The van der Waals surface area contributed by atoms with Gasteiger partial charge in [0.15, 0.2) is 0 Å². The van der Waals surface area contributed by atoms with Crippen LogP contribution in [0.1, 0.15) is 52.4 Å². The molecule has 0 amide bonds. The van der Waals surface area contributed by atoms with E-state index in [1.165, 1.54) is 37.5 Å². The van der Waals surface area contributed by atoms with Crippen molar-refractivity contribution in [3.05, 3.63) is 24.3 Å². The first kappa shape index (κ1) is 18.5. The molecule has 0 atom stereocenters. The molecule has 0 aromatic carbocycles. The van der Waals surface area contributed by atoms with E-state index in [1.54, 1.807) is 38.5 Å². The van der Waals surface area contributed by atoms with Gasteiger partial charge in [0, 0.05) is 11.1 Å². The normalized spacial score (nSPS) is 30.3. The van der Waals surface area contributed by atoms with Gasteiger partial charge >= 0.3 is 11.9 Å². The minimum absolute atomic E-state index is 0.176. The Bertz CT molecular complexity index is 345. The van der Waals surface area contributed by atoms with Crippen molar-refractivity contribution in [2.45, 2.75) is 52.4 Å². The highest BCUT2D eigenvalue weighted by atomic mass is 16.4. The smallest absolute Gasteiger partial charge is 0.330 e. The van der Waals surface area contributed by atoms with Gasteiger partial charge in [-0.25, -0.2) is 9.59 Å². The van der Waals surface area contributed by atoms with Gasteiger partial charge in [0.2, 0.25) is 0 Å². The number of rotatable bonds is 2. The Morgan fingerprint density at radius 1 is 0.682 bits per heavy atom. The summed E-state index contributed by atoms with van der Waals surface area (Å²) in [5.41, 5.74) is 0.352. The number of aliphatic carboxylic acids is 2. The average molecular weight is 308 g/mol. The van der Waals surface area contributed by atoms with Crippen LogP contribution < -0.4 is 0 Å². The second-order valence-electron chi connectivity index (χ2n) is 7.05. The summed E-state index contributed by atoms with van der Waals surface area (Å²) in [5.74, 6) is 2.84. The molecule has 0 spiro atoms. The van der Waals surface area contributed by atoms with E-state index in [-0.39, 0.29) is 11.1 Å². The van der Waals surface area contributed by atoms with E-state index in [4.69, 9.17) is 10.2 Å². The summed E-state index contributed by atoms with van der Waals surface area (Å²) in [7, 11) is 0. The van der Waals surface area contributed by atoms with Gasteiger partial charge in [0.05, 0.1) is 0 Å².